The van der Waals surface area contributed by atoms with Crippen LogP contribution in [0.15, 0.2) is 29.3 Å². The molecule has 26 heavy (non-hydrogen) atoms. The molecule has 0 atom stereocenters. The van der Waals surface area contributed by atoms with Gasteiger partial charge in [-0.15, -0.1) is 24.0 Å². The molecule has 0 fully saturated rings. The Morgan fingerprint density at radius 1 is 1.15 bits per heavy atom. The zero-order chi connectivity index (χ0) is 18.5. The minimum Gasteiger partial charge on any atom is -0.484 e. The quantitative estimate of drug-likeness (QED) is 0.276. The smallest absolute Gasteiger partial charge is 0.257 e. The molecule has 1 aromatic rings. The number of rotatable bonds is 10. The van der Waals surface area contributed by atoms with Gasteiger partial charge in [-0.25, -0.2) is 4.99 Å². The first-order chi connectivity index (χ1) is 12.0. The fraction of sp³-hybridized carbons (Fsp3) is 0.579. The van der Waals surface area contributed by atoms with Gasteiger partial charge in [0.1, 0.15) is 5.75 Å². The summed E-state index contributed by atoms with van der Waals surface area (Å²) in [6, 6.07) is 7.68. The molecule has 1 aromatic carbocycles. The molecule has 0 aliphatic heterocycles. The van der Waals surface area contributed by atoms with Gasteiger partial charge in [0.25, 0.3) is 5.91 Å². The van der Waals surface area contributed by atoms with Crippen molar-refractivity contribution < 1.29 is 9.53 Å². The highest BCUT2D eigenvalue weighted by molar-refractivity contribution is 14.0. The minimum atomic E-state index is -0.116. The molecule has 0 radical (unpaired) electrons. The van der Waals surface area contributed by atoms with Gasteiger partial charge in [0.2, 0.25) is 0 Å². The summed E-state index contributed by atoms with van der Waals surface area (Å²) < 4.78 is 5.51. The Labute approximate surface area is 174 Å². The highest BCUT2D eigenvalue weighted by atomic mass is 127. The fourth-order valence-electron chi connectivity index (χ4n) is 2.12. The van der Waals surface area contributed by atoms with Crippen molar-refractivity contribution in [2.24, 2.45) is 10.9 Å². The summed E-state index contributed by atoms with van der Waals surface area (Å²) in [4.78, 5) is 16.1. The Bertz CT molecular complexity index is 550. The topological polar surface area (TPSA) is 74.8 Å². The molecule has 7 heteroatoms. The van der Waals surface area contributed by atoms with Crippen molar-refractivity contribution in [1.29, 1.82) is 0 Å². The predicted octanol–water partition coefficient (Wildman–Crippen LogP) is 2.92. The Morgan fingerprint density at radius 2 is 1.88 bits per heavy atom. The third-order valence-corrected chi connectivity index (χ3v) is 3.42. The molecule has 0 bridgehead atoms. The van der Waals surface area contributed by atoms with E-state index in [0.29, 0.717) is 24.8 Å². The van der Waals surface area contributed by atoms with Crippen LogP contribution in [0.2, 0.25) is 0 Å². The zero-order valence-electron chi connectivity index (χ0n) is 16.3. The van der Waals surface area contributed by atoms with Crippen molar-refractivity contribution >= 4 is 35.8 Å². The monoisotopic (exact) mass is 476 g/mol. The van der Waals surface area contributed by atoms with E-state index in [4.69, 9.17) is 4.74 Å². The third kappa shape index (κ3) is 11.2. The summed E-state index contributed by atoms with van der Waals surface area (Å²) in [7, 11) is 0. The molecule has 0 saturated heterocycles. The molecule has 0 heterocycles. The van der Waals surface area contributed by atoms with E-state index in [1.807, 2.05) is 31.2 Å². The number of hydrogen-bond donors (Lipinski definition) is 3. The van der Waals surface area contributed by atoms with Crippen molar-refractivity contribution in [1.82, 2.24) is 16.0 Å². The molecule has 0 unspecified atom stereocenters. The van der Waals surface area contributed by atoms with E-state index < -0.39 is 0 Å². The van der Waals surface area contributed by atoms with E-state index >= 15 is 0 Å². The number of carbonyl (C=O) groups is 1. The predicted molar refractivity (Wildman–Crippen MR) is 118 cm³/mol. The Balaban J connectivity index is 0.00000625. The van der Waals surface area contributed by atoms with Crippen molar-refractivity contribution in [3.63, 3.8) is 0 Å². The van der Waals surface area contributed by atoms with Crippen LogP contribution in [0.5, 0.6) is 5.75 Å². The number of hydrogen-bond acceptors (Lipinski definition) is 3. The first-order valence-electron chi connectivity index (χ1n) is 9.05. The molecule has 148 valence electrons. The molecule has 0 aromatic heterocycles. The molecule has 6 nitrogen and oxygen atoms in total. The maximum atomic E-state index is 11.5. The van der Waals surface area contributed by atoms with E-state index in [9.17, 15) is 4.79 Å². The van der Waals surface area contributed by atoms with E-state index in [2.05, 4.69) is 41.7 Å². The molecule has 3 N–H and O–H groups in total. The Hall–Kier alpha value is -1.51. The van der Waals surface area contributed by atoms with Gasteiger partial charge in [-0.05, 0) is 43.9 Å². The fourth-order valence-corrected chi connectivity index (χ4v) is 2.12. The lowest BCUT2D eigenvalue weighted by molar-refractivity contribution is -0.122. The lowest BCUT2D eigenvalue weighted by Gasteiger charge is -2.12. The summed E-state index contributed by atoms with van der Waals surface area (Å²) in [5.41, 5.74) is 1.04. The number of likely N-dealkylation sites (N-methyl/N-ethyl adjacent to an activating group) is 1. The Kier molecular flexibility index (Phi) is 13.8. The number of carbonyl (C=O) groups excluding carboxylic acids is 1. The number of nitrogens with one attached hydrogen (secondary N) is 3. The SMILES string of the molecule is CCNC(=O)COc1cccc(CN=C(NCC)NCCC(C)C)c1.I. The molecule has 1 rings (SSSR count). The second-order valence-electron chi connectivity index (χ2n) is 6.19. The first kappa shape index (κ1) is 24.5. The lowest BCUT2D eigenvalue weighted by atomic mass is 10.1. The first-order valence-corrected chi connectivity index (χ1v) is 9.05. The number of nitrogens with zero attached hydrogens (tertiary/aromatic N) is 1. The largest absolute Gasteiger partial charge is 0.484 e. The van der Waals surface area contributed by atoms with Crippen LogP contribution in [0, 0.1) is 5.92 Å². The van der Waals surface area contributed by atoms with Gasteiger partial charge >= 0.3 is 0 Å². The average Bonchev–Trinajstić information content (AvgIpc) is 2.58. The van der Waals surface area contributed by atoms with Crippen molar-refractivity contribution in [3.05, 3.63) is 29.8 Å². The van der Waals surface area contributed by atoms with Crippen molar-refractivity contribution in [2.75, 3.05) is 26.2 Å². The van der Waals surface area contributed by atoms with Crippen molar-refractivity contribution in [3.8, 4) is 5.75 Å². The van der Waals surface area contributed by atoms with Crippen LogP contribution in [0.3, 0.4) is 0 Å². The molecular formula is C19H33IN4O2. The molecule has 0 saturated carbocycles. The summed E-state index contributed by atoms with van der Waals surface area (Å²) in [5.74, 6) is 2.04. The van der Waals surface area contributed by atoms with Crippen LogP contribution in [-0.2, 0) is 11.3 Å². The summed E-state index contributed by atoms with van der Waals surface area (Å²) in [5, 5.41) is 9.31. The summed E-state index contributed by atoms with van der Waals surface area (Å²) >= 11 is 0. The highest BCUT2D eigenvalue weighted by Crippen LogP contribution is 2.14. The van der Waals surface area contributed by atoms with Gasteiger partial charge in [0, 0.05) is 19.6 Å². The summed E-state index contributed by atoms with van der Waals surface area (Å²) in [6.45, 7) is 11.3. The number of ether oxygens (including phenoxy) is 1. The highest BCUT2D eigenvalue weighted by Gasteiger charge is 2.03. The number of amides is 1. The van der Waals surface area contributed by atoms with Gasteiger partial charge in [-0.1, -0.05) is 26.0 Å². The number of aliphatic imine (C=N–C) groups is 1. The average molecular weight is 476 g/mol. The number of benzene rings is 1. The van der Waals surface area contributed by atoms with Crippen LogP contribution in [0.4, 0.5) is 0 Å². The molecule has 0 spiro atoms. The van der Waals surface area contributed by atoms with Crippen LogP contribution in [0.1, 0.15) is 39.7 Å². The van der Waals surface area contributed by atoms with Crippen LogP contribution in [0.25, 0.3) is 0 Å². The van der Waals surface area contributed by atoms with Gasteiger partial charge in [0.15, 0.2) is 12.6 Å². The maximum absolute atomic E-state index is 11.5. The van der Waals surface area contributed by atoms with Gasteiger partial charge < -0.3 is 20.7 Å². The minimum absolute atomic E-state index is 0. The normalized spacial score (nSPS) is 10.9. The Morgan fingerprint density at radius 3 is 2.54 bits per heavy atom. The lowest BCUT2D eigenvalue weighted by Crippen LogP contribution is -2.38. The maximum Gasteiger partial charge on any atom is 0.257 e. The second-order valence-corrected chi connectivity index (χ2v) is 6.19. The third-order valence-electron chi connectivity index (χ3n) is 3.42. The standard InChI is InChI=1S/C19H32N4O2.HI/c1-5-20-18(24)14-25-17-9-7-8-16(12-17)13-23-19(21-6-2)22-11-10-15(3)4;/h7-9,12,15H,5-6,10-11,13-14H2,1-4H3,(H,20,24)(H2,21,22,23);1H. The van der Waals surface area contributed by atoms with E-state index in [0.717, 1.165) is 31.0 Å². The summed E-state index contributed by atoms with van der Waals surface area (Å²) in [6.07, 6.45) is 1.10. The second kappa shape index (κ2) is 14.6. The number of guanidine groups is 1. The van der Waals surface area contributed by atoms with Gasteiger partial charge in [-0.3, -0.25) is 4.79 Å². The van der Waals surface area contributed by atoms with Gasteiger partial charge in [0.05, 0.1) is 6.54 Å². The van der Waals surface area contributed by atoms with Gasteiger partial charge in [-0.2, -0.15) is 0 Å². The molecule has 0 aliphatic carbocycles. The molecular weight excluding hydrogens is 443 g/mol. The molecule has 0 aliphatic rings. The van der Waals surface area contributed by atoms with Crippen LogP contribution in [-0.4, -0.2) is 38.1 Å². The zero-order valence-corrected chi connectivity index (χ0v) is 18.6. The van der Waals surface area contributed by atoms with E-state index in [1.54, 1.807) is 0 Å². The van der Waals surface area contributed by atoms with E-state index in [-0.39, 0.29) is 36.5 Å². The van der Waals surface area contributed by atoms with Crippen LogP contribution >= 0.6 is 24.0 Å². The number of halogens is 1. The molecule has 1 amide bonds. The van der Waals surface area contributed by atoms with E-state index in [1.165, 1.54) is 0 Å². The van der Waals surface area contributed by atoms with Crippen molar-refractivity contribution in [2.45, 2.75) is 40.7 Å². The van der Waals surface area contributed by atoms with Crippen LogP contribution < -0.4 is 20.7 Å².